The quantitative estimate of drug-likeness (QED) is 0.843. The number of rotatable bonds is 5. The van der Waals surface area contributed by atoms with E-state index in [1.165, 1.54) is 0 Å². The molecule has 2 aromatic rings. The minimum Gasteiger partial charge on any atom is -0.490 e. The summed E-state index contributed by atoms with van der Waals surface area (Å²) >= 11 is 0. The van der Waals surface area contributed by atoms with Crippen LogP contribution in [0.1, 0.15) is 28.5 Å². The Morgan fingerprint density at radius 3 is 3.09 bits per heavy atom. The second-order valence-corrected chi connectivity index (χ2v) is 5.21. The number of nitrogens with one attached hydrogen (secondary N) is 1. The fourth-order valence-corrected chi connectivity index (χ4v) is 2.33. The first kappa shape index (κ1) is 14.4. The first-order valence-electron chi connectivity index (χ1n) is 7.13. The lowest BCUT2D eigenvalue weighted by molar-refractivity contribution is 0.0946. The summed E-state index contributed by atoms with van der Waals surface area (Å²) in [5.74, 6) is 1.07. The highest BCUT2D eigenvalue weighted by Gasteiger charge is 2.20. The molecule has 0 saturated heterocycles. The summed E-state index contributed by atoms with van der Waals surface area (Å²) in [7, 11) is 0. The Bertz CT molecular complexity index is 683. The standard InChI is InChI=1S/C15H17N3O4/c1-9-7-12-8-11(3-4-13(12)21-9)14(19)16-5-6-20-15-10(2)17-22-18-15/h3-4,8-9H,5-7H2,1-2H3,(H,16,19). The van der Waals surface area contributed by atoms with Gasteiger partial charge in [-0.15, -0.1) is 0 Å². The van der Waals surface area contributed by atoms with E-state index < -0.39 is 0 Å². The average Bonchev–Trinajstić information content (AvgIpc) is 3.07. The number of hydrogen-bond donors (Lipinski definition) is 1. The van der Waals surface area contributed by atoms with Crippen LogP contribution in [0.4, 0.5) is 0 Å². The van der Waals surface area contributed by atoms with Crippen LogP contribution >= 0.6 is 0 Å². The molecule has 0 aliphatic carbocycles. The monoisotopic (exact) mass is 303 g/mol. The molecule has 7 nitrogen and oxygen atoms in total. The van der Waals surface area contributed by atoms with Crippen LogP contribution in [0, 0.1) is 6.92 Å². The number of aryl methyl sites for hydroxylation is 1. The third-order valence-electron chi connectivity index (χ3n) is 3.40. The summed E-state index contributed by atoms with van der Waals surface area (Å²) in [4.78, 5) is 12.1. The molecule has 1 aliphatic heterocycles. The minimum absolute atomic E-state index is 0.138. The van der Waals surface area contributed by atoms with Gasteiger partial charge in [0.1, 0.15) is 24.2 Å². The molecule has 0 spiro atoms. The molecular formula is C15H17N3O4. The number of carbonyl (C=O) groups excluding carboxylic acids is 1. The Labute approximate surface area is 127 Å². The minimum atomic E-state index is -0.138. The van der Waals surface area contributed by atoms with Crippen molar-refractivity contribution in [3.8, 4) is 11.6 Å². The number of carbonyl (C=O) groups is 1. The van der Waals surface area contributed by atoms with Crippen LogP contribution in [-0.2, 0) is 6.42 Å². The van der Waals surface area contributed by atoms with Gasteiger partial charge >= 0.3 is 0 Å². The Balaban J connectivity index is 1.50. The lowest BCUT2D eigenvalue weighted by Gasteiger charge is -2.07. The van der Waals surface area contributed by atoms with Crippen LogP contribution in [0.5, 0.6) is 11.6 Å². The van der Waals surface area contributed by atoms with Crippen LogP contribution in [0.3, 0.4) is 0 Å². The molecule has 0 radical (unpaired) electrons. The third kappa shape index (κ3) is 3.03. The maximum atomic E-state index is 12.1. The summed E-state index contributed by atoms with van der Waals surface area (Å²) in [5.41, 5.74) is 2.27. The van der Waals surface area contributed by atoms with Gasteiger partial charge in [-0.2, -0.15) is 0 Å². The predicted molar refractivity (Wildman–Crippen MR) is 77.1 cm³/mol. The van der Waals surface area contributed by atoms with Gasteiger partial charge in [-0.25, -0.2) is 4.63 Å². The zero-order valence-electron chi connectivity index (χ0n) is 12.5. The zero-order chi connectivity index (χ0) is 15.5. The zero-order valence-corrected chi connectivity index (χ0v) is 12.5. The molecule has 0 fully saturated rings. The van der Waals surface area contributed by atoms with E-state index in [1.54, 1.807) is 13.0 Å². The first-order chi connectivity index (χ1) is 10.6. The summed E-state index contributed by atoms with van der Waals surface area (Å²) in [6.07, 6.45) is 0.999. The first-order valence-corrected chi connectivity index (χ1v) is 7.13. The van der Waals surface area contributed by atoms with Gasteiger partial charge in [0, 0.05) is 12.0 Å². The molecule has 0 bridgehead atoms. The van der Waals surface area contributed by atoms with E-state index in [4.69, 9.17) is 9.47 Å². The summed E-state index contributed by atoms with van der Waals surface area (Å²) in [6.45, 7) is 4.41. The van der Waals surface area contributed by atoms with Crippen molar-refractivity contribution in [3.05, 3.63) is 35.0 Å². The molecular weight excluding hydrogens is 286 g/mol. The van der Waals surface area contributed by atoms with Gasteiger partial charge in [0.05, 0.1) is 6.54 Å². The van der Waals surface area contributed by atoms with Gasteiger partial charge < -0.3 is 14.8 Å². The highest BCUT2D eigenvalue weighted by Crippen LogP contribution is 2.29. The number of hydrogen-bond acceptors (Lipinski definition) is 6. The topological polar surface area (TPSA) is 86.5 Å². The molecule has 1 aliphatic rings. The molecule has 116 valence electrons. The molecule has 7 heteroatoms. The van der Waals surface area contributed by atoms with Crippen LogP contribution in [0.25, 0.3) is 0 Å². The van der Waals surface area contributed by atoms with Crippen LogP contribution in [0.2, 0.25) is 0 Å². The van der Waals surface area contributed by atoms with E-state index >= 15 is 0 Å². The number of aromatic nitrogens is 2. The molecule has 1 N–H and O–H groups in total. The van der Waals surface area contributed by atoms with Crippen LogP contribution in [0.15, 0.2) is 22.8 Å². The molecule has 2 heterocycles. The molecule has 1 amide bonds. The van der Waals surface area contributed by atoms with Crippen LogP contribution in [-0.4, -0.2) is 35.5 Å². The number of nitrogens with zero attached hydrogens (tertiary/aromatic N) is 2. The largest absolute Gasteiger partial charge is 0.490 e. The van der Waals surface area contributed by atoms with Crippen molar-refractivity contribution in [3.63, 3.8) is 0 Å². The number of fused-ring (bicyclic) bond motifs is 1. The molecule has 3 rings (SSSR count). The second kappa shape index (κ2) is 6.05. The van der Waals surface area contributed by atoms with E-state index in [2.05, 4.69) is 20.3 Å². The maximum absolute atomic E-state index is 12.1. The Kier molecular flexibility index (Phi) is 3.95. The van der Waals surface area contributed by atoms with E-state index in [0.717, 1.165) is 17.7 Å². The van der Waals surface area contributed by atoms with E-state index in [1.807, 2.05) is 19.1 Å². The number of amides is 1. The highest BCUT2D eigenvalue weighted by molar-refractivity contribution is 5.94. The van der Waals surface area contributed by atoms with E-state index in [-0.39, 0.29) is 12.0 Å². The van der Waals surface area contributed by atoms with E-state index in [9.17, 15) is 4.79 Å². The van der Waals surface area contributed by atoms with Crippen molar-refractivity contribution >= 4 is 5.91 Å². The Hall–Kier alpha value is -2.57. The van der Waals surface area contributed by atoms with Crippen molar-refractivity contribution in [1.29, 1.82) is 0 Å². The molecule has 0 saturated carbocycles. The normalized spacial score (nSPS) is 16.0. The SMILES string of the molecule is Cc1nonc1OCCNC(=O)c1ccc2c(c1)CC(C)O2. The van der Waals surface area contributed by atoms with Gasteiger partial charge in [0.2, 0.25) is 0 Å². The highest BCUT2D eigenvalue weighted by atomic mass is 16.6. The van der Waals surface area contributed by atoms with Crippen molar-refractivity contribution in [2.45, 2.75) is 26.4 Å². The Morgan fingerprint density at radius 1 is 1.45 bits per heavy atom. The van der Waals surface area contributed by atoms with Crippen LogP contribution < -0.4 is 14.8 Å². The van der Waals surface area contributed by atoms with Crippen molar-refractivity contribution in [1.82, 2.24) is 15.6 Å². The summed E-state index contributed by atoms with van der Waals surface area (Å²) in [5, 5.41) is 10.0. The fraction of sp³-hybridized carbons (Fsp3) is 0.400. The van der Waals surface area contributed by atoms with Gasteiger partial charge in [0.15, 0.2) is 0 Å². The van der Waals surface area contributed by atoms with Gasteiger partial charge in [-0.1, -0.05) is 5.16 Å². The summed E-state index contributed by atoms with van der Waals surface area (Å²) < 4.78 is 15.5. The molecule has 22 heavy (non-hydrogen) atoms. The van der Waals surface area contributed by atoms with Crippen molar-refractivity contribution in [2.75, 3.05) is 13.2 Å². The molecule has 1 unspecified atom stereocenters. The summed E-state index contributed by atoms with van der Waals surface area (Å²) in [6, 6.07) is 5.48. The van der Waals surface area contributed by atoms with Crippen molar-refractivity contribution < 1.29 is 18.9 Å². The molecule has 1 aromatic carbocycles. The fourth-order valence-electron chi connectivity index (χ4n) is 2.33. The lowest BCUT2D eigenvalue weighted by atomic mass is 10.1. The second-order valence-electron chi connectivity index (χ2n) is 5.21. The average molecular weight is 303 g/mol. The Morgan fingerprint density at radius 2 is 2.32 bits per heavy atom. The van der Waals surface area contributed by atoms with Crippen molar-refractivity contribution in [2.24, 2.45) is 0 Å². The van der Waals surface area contributed by atoms with Gasteiger partial charge in [0.25, 0.3) is 11.8 Å². The number of ether oxygens (including phenoxy) is 2. The lowest BCUT2D eigenvalue weighted by Crippen LogP contribution is -2.28. The number of benzene rings is 1. The van der Waals surface area contributed by atoms with Gasteiger partial charge in [-0.05, 0) is 42.8 Å². The predicted octanol–water partition coefficient (Wildman–Crippen LogP) is 1.51. The third-order valence-corrected chi connectivity index (χ3v) is 3.40. The van der Waals surface area contributed by atoms with Gasteiger partial charge in [-0.3, -0.25) is 4.79 Å². The molecule has 1 aromatic heterocycles. The van der Waals surface area contributed by atoms with E-state index in [0.29, 0.717) is 30.3 Å². The maximum Gasteiger partial charge on any atom is 0.278 e. The molecule has 1 atom stereocenters. The smallest absolute Gasteiger partial charge is 0.278 e.